The molecule has 0 bridgehead atoms. The van der Waals surface area contributed by atoms with Crippen LogP contribution in [0.25, 0.3) is 0 Å². The van der Waals surface area contributed by atoms with Crippen LogP contribution in [0.15, 0.2) is 17.0 Å². The van der Waals surface area contributed by atoms with Gasteiger partial charge in [0.05, 0.1) is 8.59 Å². The third kappa shape index (κ3) is 1.90. The Morgan fingerprint density at radius 1 is 1.58 bits per heavy atom. The van der Waals surface area contributed by atoms with Gasteiger partial charge < -0.3 is 10.3 Å². The number of benzene rings is 1. The molecule has 6 heteroatoms. The van der Waals surface area contributed by atoms with Crippen LogP contribution in [0.3, 0.4) is 0 Å². The summed E-state index contributed by atoms with van der Waals surface area (Å²) in [7, 11) is 0. The molecule has 0 aliphatic rings. The lowest BCUT2D eigenvalue weighted by atomic mass is 10.3. The Hall–Kier alpha value is 0.150. The molecule has 1 aromatic carbocycles. The van der Waals surface area contributed by atoms with Crippen molar-refractivity contribution >= 4 is 51.0 Å². The Kier molecular flexibility index (Phi) is 3.33. The standard InChI is InChI=1S/C6H5ClINO2S/c7-3-1-2-4(9)5(8)6(3)12(10)11/h1-2H,9H2,(H,10,11). The van der Waals surface area contributed by atoms with E-state index in [1.807, 2.05) is 22.6 Å². The predicted molar refractivity (Wildman–Crippen MR) is 57.6 cm³/mol. The summed E-state index contributed by atoms with van der Waals surface area (Å²) in [6.07, 6.45) is 0. The molecule has 0 saturated carbocycles. The third-order valence-corrected chi connectivity index (χ3v) is 3.98. The first-order valence-corrected chi connectivity index (χ1v) is 5.44. The van der Waals surface area contributed by atoms with E-state index in [-0.39, 0.29) is 9.92 Å². The maximum atomic E-state index is 10.8. The largest absolute Gasteiger partial charge is 0.398 e. The first kappa shape index (κ1) is 10.2. The molecule has 0 fully saturated rings. The zero-order valence-electron chi connectivity index (χ0n) is 5.75. The number of anilines is 1. The Bertz CT molecular complexity index is 345. The van der Waals surface area contributed by atoms with Crippen molar-refractivity contribution in [2.45, 2.75) is 4.90 Å². The van der Waals surface area contributed by atoms with Gasteiger partial charge in [0.1, 0.15) is 4.90 Å². The van der Waals surface area contributed by atoms with E-state index in [1.165, 1.54) is 6.07 Å². The normalized spacial score (nSPS) is 12.9. The molecule has 3 nitrogen and oxygen atoms in total. The number of rotatable bonds is 1. The monoisotopic (exact) mass is 317 g/mol. The van der Waals surface area contributed by atoms with Crippen LogP contribution in [-0.2, 0) is 11.1 Å². The lowest BCUT2D eigenvalue weighted by molar-refractivity contribution is 0.564. The van der Waals surface area contributed by atoms with Gasteiger partial charge in [-0.1, -0.05) is 11.6 Å². The van der Waals surface area contributed by atoms with Gasteiger partial charge >= 0.3 is 0 Å². The van der Waals surface area contributed by atoms with Crippen LogP contribution in [0.2, 0.25) is 5.02 Å². The molecule has 1 rings (SSSR count). The Morgan fingerprint density at radius 3 is 2.58 bits per heavy atom. The summed E-state index contributed by atoms with van der Waals surface area (Å²) in [5, 5.41) is 0.259. The van der Waals surface area contributed by atoms with Crippen molar-refractivity contribution in [1.29, 1.82) is 0 Å². The van der Waals surface area contributed by atoms with E-state index in [0.717, 1.165) is 0 Å². The highest BCUT2D eigenvalue weighted by atomic mass is 127. The fourth-order valence-electron chi connectivity index (χ4n) is 0.708. The number of nitrogens with two attached hydrogens (primary N) is 1. The van der Waals surface area contributed by atoms with Crippen LogP contribution >= 0.6 is 34.2 Å². The van der Waals surface area contributed by atoms with Gasteiger partial charge in [-0.3, -0.25) is 0 Å². The average molecular weight is 318 g/mol. The number of hydrogen-bond donors (Lipinski definition) is 2. The zero-order valence-corrected chi connectivity index (χ0v) is 9.48. The molecule has 0 radical (unpaired) electrons. The number of hydrogen-bond acceptors (Lipinski definition) is 2. The highest BCUT2D eigenvalue weighted by Gasteiger charge is 2.12. The summed E-state index contributed by atoms with van der Waals surface area (Å²) in [5.41, 5.74) is 5.97. The number of nitrogen functional groups attached to an aromatic ring is 1. The van der Waals surface area contributed by atoms with E-state index < -0.39 is 11.1 Å². The second kappa shape index (κ2) is 3.91. The molecule has 66 valence electrons. The van der Waals surface area contributed by atoms with Gasteiger partial charge in [-0.25, -0.2) is 4.21 Å². The molecule has 0 spiro atoms. The molecule has 1 aromatic rings. The molecule has 0 heterocycles. The smallest absolute Gasteiger partial charge is 0.189 e. The van der Waals surface area contributed by atoms with Gasteiger partial charge in [-0.15, -0.1) is 0 Å². The second-order valence-electron chi connectivity index (χ2n) is 2.03. The third-order valence-electron chi connectivity index (χ3n) is 1.25. The highest BCUT2D eigenvalue weighted by molar-refractivity contribution is 14.1. The molecule has 12 heavy (non-hydrogen) atoms. The molecule has 1 unspecified atom stereocenters. The molecule has 1 atom stereocenters. The van der Waals surface area contributed by atoms with Crippen molar-refractivity contribution in [1.82, 2.24) is 0 Å². The predicted octanol–water partition coefficient (Wildman–Crippen LogP) is 2.11. The van der Waals surface area contributed by atoms with Gasteiger partial charge in [0, 0.05) is 5.69 Å². The van der Waals surface area contributed by atoms with Crippen molar-refractivity contribution in [3.05, 3.63) is 20.7 Å². The summed E-state index contributed by atoms with van der Waals surface area (Å²) in [6.45, 7) is 0. The van der Waals surface area contributed by atoms with E-state index in [0.29, 0.717) is 9.26 Å². The van der Waals surface area contributed by atoms with E-state index in [2.05, 4.69) is 0 Å². The van der Waals surface area contributed by atoms with Gasteiger partial charge in [-0.2, -0.15) is 0 Å². The first-order valence-electron chi connectivity index (χ1n) is 2.88. The van der Waals surface area contributed by atoms with Crippen molar-refractivity contribution < 1.29 is 8.76 Å². The van der Waals surface area contributed by atoms with Crippen molar-refractivity contribution in [2.24, 2.45) is 0 Å². The molecular weight excluding hydrogens is 312 g/mol. The summed E-state index contributed by atoms with van der Waals surface area (Å²) in [6, 6.07) is 3.10. The minimum absolute atomic E-state index is 0.178. The lowest BCUT2D eigenvalue weighted by Gasteiger charge is -2.04. The summed E-state index contributed by atoms with van der Waals surface area (Å²) >= 11 is 5.48. The Morgan fingerprint density at radius 2 is 2.17 bits per heavy atom. The van der Waals surface area contributed by atoms with Crippen LogP contribution in [0.4, 0.5) is 5.69 Å². The summed E-state index contributed by atoms with van der Waals surface area (Å²) < 4.78 is 20.1. The lowest BCUT2D eigenvalue weighted by Crippen LogP contribution is -1.98. The van der Waals surface area contributed by atoms with E-state index >= 15 is 0 Å². The minimum Gasteiger partial charge on any atom is -0.398 e. The summed E-state index contributed by atoms with van der Waals surface area (Å²) in [5.74, 6) is 0. The maximum Gasteiger partial charge on any atom is 0.189 e. The SMILES string of the molecule is Nc1ccc(Cl)c(S(=O)O)c1I. The topological polar surface area (TPSA) is 63.3 Å². The fraction of sp³-hybridized carbons (Fsp3) is 0. The van der Waals surface area contributed by atoms with Crippen molar-refractivity contribution in [2.75, 3.05) is 5.73 Å². The first-order chi connectivity index (χ1) is 5.54. The molecule has 3 N–H and O–H groups in total. The fourth-order valence-corrected chi connectivity index (χ4v) is 2.76. The van der Waals surface area contributed by atoms with Gasteiger partial charge in [-0.05, 0) is 34.7 Å². The van der Waals surface area contributed by atoms with Crippen molar-refractivity contribution in [3.8, 4) is 0 Å². The quantitative estimate of drug-likeness (QED) is 0.474. The van der Waals surface area contributed by atoms with Crippen molar-refractivity contribution in [3.63, 3.8) is 0 Å². The molecule has 0 aromatic heterocycles. The van der Waals surface area contributed by atoms with Gasteiger partial charge in [0.2, 0.25) is 0 Å². The van der Waals surface area contributed by atoms with Crippen LogP contribution in [0.5, 0.6) is 0 Å². The number of halogens is 2. The minimum atomic E-state index is -2.08. The van der Waals surface area contributed by atoms with Crippen LogP contribution < -0.4 is 5.73 Å². The second-order valence-corrected chi connectivity index (χ2v) is 4.42. The molecule has 0 aliphatic heterocycles. The Labute approximate surface area is 90.7 Å². The van der Waals surface area contributed by atoms with Crippen LogP contribution in [0.1, 0.15) is 0 Å². The Balaban J connectivity index is 3.43. The molecule has 0 aliphatic carbocycles. The zero-order chi connectivity index (χ0) is 9.30. The van der Waals surface area contributed by atoms with Crippen LogP contribution in [0, 0.1) is 3.57 Å². The molecule has 0 amide bonds. The van der Waals surface area contributed by atoms with Gasteiger partial charge in [0.15, 0.2) is 11.1 Å². The average Bonchev–Trinajstić information content (AvgIpc) is 1.97. The van der Waals surface area contributed by atoms with E-state index in [4.69, 9.17) is 21.9 Å². The summed E-state index contributed by atoms with van der Waals surface area (Å²) in [4.78, 5) is 0.178. The molecule has 0 saturated heterocycles. The van der Waals surface area contributed by atoms with Gasteiger partial charge in [0.25, 0.3) is 0 Å². The maximum absolute atomic E-state index is 10.8. The van der Waals surface area contributed by atoms with E-state index in [9.17, 15) is 4.21 Å². The highest BCUT2D eigenvalue weighted by Crippen LogP contribution is 2.28. The van der Waals surface area contributed by atoms with Crippen LogP contribution in [-0.4, -0.2) is 8.76 Å². The molecular formula is C6H5ClINO2S. The van der Waals surface area contributed by atoms with E-state index in [1.54, 1.807) is 6.07 Å².